The summed E-state index contributed by atoms with van der Waals surface area (Å²) in [5, 5.41) is 3.43. The van der Waals surface area contributed by atoms with Crippen molar-refractivity contribution in [1.29, 1.82) is 0 Å². The van der Waals surface area contributed by atoms with Crippen molar-refractivity contribution >= 4 is 26.5 Å². The predicted octanol–water partition coefficient (Wildman–Crippen LogP) is 5.10. The molecule has 0 spiro atoms. The first-order valence-corrected chi connectivity index (χ1v) is 11.1. The van der Waals surface area contributed by atoms with Gasteiger partial charge in [0.2, 0.25) is 0 Å². The molecule has 0 fully saturated rings. The number of hydrogen-bond acceptors (Lipinski definition) is 0. The van der Waals surface area contributed by atoms with Gasteiger partial charge in [0.25, 0.3) is 0 Å². The molecule has 0 amide bonds. The first-order chi connectivity index (χ1) is 9.78. The molecule has 0 N–H and O–H groups in total. The van der Waals surface area contributed by atoms with E-state index >= 15 is 0 Å². The van der Waals surface area contributed by atoms with Crippen LogP contribution < -0.4 is 10.6 Å². The second-order valence-electron chi connectivity index (χ2n) is 4.60. The molecule has 3 heteroatoms. The second kappa shape index (κ2) is 12.9. The fourth-order valence-electron chi connectivity index (χ4n) is 2.39. The molecule has 21 heavy (non-hydrogen) atoms. The Bertz CT molecular complexity index is 382. The average molecular weight is 398 g/mol. The summed E-state index contributed by atoms with van der Waals surface area (Å²) in [4.78, 5) is 0. The minimum Gasteiger partial charge on any atom is -0.748 e. The number of hydrogen-bond donors (Lipinski definition) is 0. The van der Waals surface area contributed by atoms with Gasteiger partial charge in [-0.25, -0.2) is 12.1 Å². The molecule has 2 aromatic carbocycles. The normalized spacial score (nSPS) is 10.2. The van der Waals surface area contributed by atoms with Crippen LogP contribution in [-0.2, 0) is 26.2 Å². The molecule has 0 nitrogen and oxygen atoms in total. The summed E-state index contributed by atoms with van der Waals surface area (Å²) in [6, 6.07) is 17.0. The van der Waals surface area contributed by atoms with Gasteiger partial charge < -0.3 is 30.3 Å². The molecule has 0 aromatic heterocycles. The van der Waals surface area contributed by atoms with Crippen LogP contribution in [0.15, 0.2) is 48.5 Å². The van der Waals surface area contributed by atoms with Crippen molar-refractivity contribution < 1.29 is 26.2 Å². The largest absolute Gasteiger partial charge is 0.748 e. The van der Waals surface area contributed by atoms with Gasteiger partial charge in [0.1, 0.15) is 0 Å². The molecule has 2 aromatic rings. The Morgan fingerprint density at radius 2 is 1.33 bits per heavy atom. The molecule has 0 unspecified atom stereocenters. The zero-order valence-electron chi connectivity index (χ0n) is 13.8. The van der Waals surface area contributed by atoms with Crippen LogP contribution in [0.1, 0.15) is 27.7 Å². The van der Waals surface area contributed by atoms with Crippen LogP contribution in [-0.4, -0.2) is 24.6 Å². The smallest absolute Gasteiger partial charge is 0 e. The van der Waals surface area contributed by atoms with E-state index in [0.717, 1.165) is 0 Å². The van der Waals surface area contributed by atoms with Crippen molar-refractivity contribution in [3.63, 3.8) is 0 Å². The van der Waals surface area contributed by atoms with E-state index in [1.54, 1.807) is 10.6 Å². The van der Waals surface area contributed by atoms with Crippen LogP contribution >= 0.6 is 15.8 Å². The van der Waals surface area contributed by atoms with Crippen LogP contribution in [0.5, 0.6) is 0 Å². The first-order valence-electron chi connectivity index (χ1n) is 7.70. The second-order valence-corrected chi connectivity index (χ2v) is 10.3. The minimum absolute atomic E-state index is 0. The van der Waals surface area contributed by atoms with E-state index in [0.29, 0.717) is 0 Å². The maximum Gasteiger partial charge on any atom is 0 e. The molecule has 0 aliphatic heterocycles. The summed E-state index contributed by atoms with van der Waals surface area (Å²) in [6.45, 7) is 9.36. The fraction of sp³-hybridized carbons (Fsp3) is 0.444. The summed E-state index contributed by atoms with van der Waals surface area (Å²) in [5.74, 6) is 0. The molecule has 0 radical (unpaired) electrons. The summed E-state index contributed by atoms with van der Waals surface area (Å²) in [7, 11) is 0.274. The number of rotatable bonds is 6. The molecule has 0 bridgehead atoms. The Labute approximate surface area is 153 Å². The van der Waals surface area contributed by atoms with Crippen molar-refractivity contribution in [1.82, 2.24) is 0 Å². The SMILES string of the molecule is CCP(CC)c1ccc[c-]1P(CC)CC.[Zr].[cH-]1[cH-][cH-][cH-][cH-]1. The third-order valence-corrected chi connectivity index (χ3v) is 8.91. The van der Waals surface area contributed by atoms with Gasteiger partial charge in [-0.1, -0.05) is 27.7 Å². The van der Waals surface area contributed by atoms with Gasteiger partial charge >= 0.3 is 0 Å². The quantitative estimate of drug-likeness (QED) is 0.470. The Kier molecular flexibility index (Phi) is 13.2. The van der Waals surface area contributed by atoms with Crippen molar-refractivity contribution in [3.8, 4) is 0 Å². The topological polar surface area (TPSA) is 0 Å². The van der Waals surface area contributed by atoms with E-state index in [-0.39, 0.29) is 42.0 Å². The average Bonchev–Trinajstić information content (AvgIpc) is 3.16. The zero-order chi connectivity index (χ0) is 14.8. The van der Waals surface area contributed by atoms with E-state index in [4.69, 9.17) is 0 Å². The van der Waals surface area contributed by atoms with E-state index in [1.807, 2.05) is 30.3 Å². The Morgan fingerprint density at radius 3 is 1.71 bits per heavy atom. The fourth-order valence-corrected chi connectivity index (χ4v) is 6.88. The summed E-state index contributed by atoms with van der Waals surface area (Å²) >= 11 is 0. The van der Waals surface area contributed by atoms with E-state index < -0.39 is 0 Å². The van der Waals surface area contributed by atoms with E-state index in [9.17, 15) is 0 Å². The molecule has 0 heterocycles. The molecule has 0 saturated carbocycles. The van der Waals surface area contributed by atoms with Crippen molar-refractivity contribution in [2.75, 3.05) is 24.6 Å². The van der Waals surface area contributed by atoms with E-state index in [2.05, 4.69) is 45.9 Å². The van der Waals surface area contributed by atoms with Crippen LogP contribution in [0, 0.1) is 0 Å². The van der Waals surface area contributed by atoms with Gasteiger partial charge in [-0.2, -0.15) is 6.07 Å². The van der Waals surface area contributed by atoms with Crippen molar-refractivity contribution in [2.45, 2.75) is 27.7 Å². The third kappa shape index (κ3) is 7.03. The Balaban J connectivity index is 0.000000562. The molecular weight excluding hydrogens is 369 g/mol. The minimum atomic E-state index is 0. The van der Waals surface area contributed by atoms with Crippen LogP contribution in [0.3, 0.4) is 0 Å². The van der Waals surface area contributed by atoms with Gasteiger partial charge in [0.05, 0.1) is 0 Å². The maximum absolute atomic E-state index is 2.38. The van der Waals surface area contributed by atoms with Crippen molar-refractivity contribution in [2.24, 2.45) is 0 Å². The maximum atomic E-state index is 2.38. The van der Waals surface area contributed by atoms with Crippen LogP contribution in [0.25, 0.3) is 0 Å². The molecule has 0 aliphatic carbocycles. The van der Waals surface area contributed by atoms with Crippen LogP contribution in [0.2, 0.25) is 0 Å². The molecule has 0 saturated heterocycles. The van der Waals surface area contributed by atoms with Gasteiger partial charge in [0.15, 0.2) is 0 Å². The summed E-state index contributed by atoms with van der Waals surface area (Å²) in [6.07, 6.45) is 5.39. The van der Waals surface area contributed by atoms with Gasteiger partial charge in [-0.3, -0.25) is 0 Å². The Morgan fingerprint density at radius 1 is 0.857 bits per heavy atom. The molecule has 2 rings (SSSR count). The standard InChI is InChI=1S/C13H23P2.C5H5.Zr/c1-5-14(6-2)12-10-9-11-13(12)15(7-3)8-4;1-2-4-5-3-1;/h9-11H,5-8H2,1-4H3;1-5H;/q-1;-5;. The van der Waals surface area contributed by atoms with Gasteiger partial charge in [-0.15, -0.1) is 26.5 Å². The zero-order valence-corrected chi connectivity index (χ0v) is 18.1. The monoisotopic (exact) mass is 396 g/mol. The summed E-state index contributed by atoms with van der Waals surface area (Å²) in [5.41, 5.74) is 0. The first kappa shape index (κ1) is 21.4. The molecule has 120 valence electrons. The predicted molar refractivity (Wildman–Crippen MR) is 99.3 cm³/mol. The molecule has 0 atom stereocenters. The van der Waals surface area contributed by atoms with E-state index in [1.165, 1.54) is 24.6 Å². The molecule has 0 aliphatic rings. The van der Waals surface area contributed by atoms with Crippen LogP contribution in [0.4, 0.5) is 0 Å². The third-order valence-electron chi connectivity index (χ3n) is 3.53. The van der Waals surface area contributed by atoms with Gasteiger partial charge in [-0.05, 0) is 24.6 Å². The summed E-state index contributed by atoms with van der Waals surface area (Å²) < 4.78 is 0. The van der Waals surface area contributed by atoms with Gasteiger partial charge in [0, 0.05) is 26.2 Å². The molecular formula is C18H28P2Zr-6. The Hall–Kier alpha value is 0.443. The van der Waals surface area contributed by atoms with Crippen molar-refractivity contribution in [3.05, 3.63) is 48.5 Å².